The van der Waals surface area contributed by atoms with Crippen LogP contribution in [-0.4, -0.2) is 6.04 Å². The molecule has 0 aromatic heterocycles. The average Bonchev–Trinajstić information content (AvgIpc) is 3.03. The number of rotatable bonds is 4. The van der Waals surface area contributed by atoms with Gasteiger partial charge >= 0.3 is 0 Å². The molecular weight excluding hydrogens is 208 g/mol. The Balaban J connectivity index is 2.05. The maximum Gasteiger partial charge on any atom is 0.0669 e. The highest BCUT2D eigenvalue weighted by atomic mass is 35.5. The molecule has 15 heavy (non-hydrogen) atoms. The van der Waals surface area contributed by atoms with E-state index < -0.39 is 0 Å². The lowest BCUT2D eigenvalue weighted by Crippen LogP contribution is -2.15. The first-order chi connectivity index (χ1) is 7.29. The summed E-state index contributed by atoms with van der Waals surface area (Å²) in [5, 5.41) is 12.8. The lowest BCUT2D eigenvalue weighted by molar-refractivity contribution is 0.687. The van der Waals surface area contributed by atoms with Crippen LogP contribution in [0.4, 0.5) is 0 Å². The van der Waals surface area contributed by atoms with Crippen molar-refractivity contribution in [3.63, 3.8) is 0 Å². The second-order valence-electron chi connectivity index (χ2n) is 3.92. The van der Waals surface area contributed by atoms with Crippen LogP contribution in [0.5, 0.6) is 0 Å². The van der Waals surface area contributed by atoms with Gasteiger partial charge in [-0.05, 0) is 30.0 Å². The predicted molar refractivity (Wildman–Crippen MR) is 60.6 cm³/mol. The number of hydrogen-bond donors (Lipinski definition) is 1. The fraction of sp³-hybridized carbons (Fsp3) is 0.417. The molecule has 0 heterocycles. The lowest BCUT2D eigenvalue weighted by atomic mass is 10.1. The smallest absolute Gasteiger partial charge is 0.0669 e. The second kappa shape index (κ2) is 4.65. The van der Waals surface area contributed by atoms with Gasteiger partial charge < -0.3 is 5.32 Å². The monoisotopic (exact) mass is 220 g/mol. The quantitative estimate of drug-likeness (QED) is 0.847. The van der Waals surface area contributed by atoms with Crippen LogP contribution in [0.3, 0.4) is 0 Å². The Labute approximate surface area is 94.9 Å². The van der Waals surface area contributed by atoms with Gasteiger partial charge in [-0.3, -0.25) is 0 Å². The molecule has 78 valence electrons. The Hall–Kier alpha value is -1.04. The first-order valence-electron chi connectivity index (χ1n) is 5.17. The van der Waals surface area contributed by atoms with Crippen molar-refractivity contribution in [1.82, 2.24) is 5.32 Å². The van der Waals surface area contributed by atoms with Crippen LogP contribution in [0, 0.1) is 11.3 Å². The third-order valence-electron chi connectivity index (χ3n) is 2.55. The van der Waals surface area contributed by atoms with Crippen LogP contribution >= 0.6 is 11.6 Å². The average molecular weight is 221 g/mol. The first kappa shape index (κ1) is 10.5. The molecule has 0 amide bonds. The molecule has 2 rings (SSSR count). The van der Waals surface area contributed by atoms with Crippen molar-refractivity contribution in [1.29, 1.82) is 5.26 Å². The molecule has 1 aromatic carbocycles. The highest BCUT2D eigenvalue weighted by Gasteiger charge is 2.20. The van der Waals surface area contributed by atoms with E-state index in [1.165, 1.54) is 12.8 Å². The van der Waals surface area contributed by atoms with E-state index in [9.17, 15) is 0 Å². The van der Waals surface area contributed by atoms with Crippen LogP contribution in [0.2, 0.25) is 5.02 Å². The molecule has 0 atom stereocenters. The highest BCUT2D eigenvalue weighted by Crippen LogP contribution is 2.22. The molecule has 0 spiro atoms. The van der Waals surface area contributed by atoms with E-state index in [0.29, 0.717) is 12.5 Å². The van der Waals surface area contributed by atoms with Crippen molar-refractivity contribution in [2.24, 2.45) is 0 Å². The summed E-state index contributed by atoms with van der Waals surface area (Å²) < 4.78 is 0. The summed E-state index contributed by atoms with van der Waals surface area (Å²) in [5.41, 5.74) is 2.13. The van der Waals surface area contributed by atoms with E-state index in [2.05, 4.69) is 11.4 Å². The van der Waals surface area contributed by atoms with Crippen LogP contribution in [0.25, 0.3) is 0 Å². The SMILES string of the molecule is N#CCc1ccc(Cl)c(CNC2CC2)c1. The molecular formula is C12H13ClN2. The number of halogens is 1. The van der Waals surface area contributed by atoms with E-state index >= 15 is 0 Å². The van der Waals surface area contributed by atoms with Crippen molar-refractivity contribution in [3.05, 3.63) is 34.3 Å². The zero-order valence-electron chi connectivity index (χ0n) is 8.46. The summed E-state index contributed by atoms with van der Waals surface area (Å²) >= 11 is 6.08. The summed E-state index contributed by atoms with van der Waals surface area (Å²) in [6.07, 6.45) is 3.00. The van der Waals surface area contributed by atoms with Crippen molar-refractivity contribution in [3.8, 4) is 6.07 Å². The van der Waals surface area contributed by atoms with Gasteiger partial charge in [0, 0.05) is 17.6 Å². The normalized spacial score (nSPS) is 14.9. The van der Waals surface area contributed by atoms with Crippen LogP contribution < -0.4 is 5.32 Å². The molecule has 1 N–H and O–H groups in total. The van der Waals surface area contributed by atoms with Gasteiger partial charge in [0.1, 0.15) is 0 Å². The zero-order valence-corrected chi connectivity index (χ0v) is 9.22. The molecule has 1 fully saturated rings. The number of nitrogens with one attached hydrogen (secondary N) is 1. The Morgan fingerprint density at radius 1 is 1.47 bits per heavy atom. The van der Waals surface area contributed by atoms with Gasteiger partial charge in [-0.15, -0.1) is 0 Å². The number of benzene rings is 1. The minimum Gasteiger partial charge on any atom is -0.310 e. The molecule has 1 aliphatic carbocycles. The minimum absolute atomic E-state index is 0.452. The highest BCUT2D eigenvalue weighted by molar-refractivity contribution is 6.31. The van der Waals surface area contributed by atoms with Gasteiger partial charge in [-0.1, -0.05) is 23.7 Å². The molecule has 0 radical (unpaired) electrons. The van der Waals surface area contributed by atoms with Crippen molar-refractivity contribution < 1.29 is 0 Å². The van der Waals surface area contributed by atoms with Crippen LogP contribution in [0.1, 0.15) is 24.0 Å². The Kier molecular flexibility index (Phi) is 3.25. The third kappa shape index (κ3) is 2.95. The predicted octanol–water partition coefficient (Wildman–Crippen LogP) is 2.66. The van der Waals surface area contributed by atoms with Gasteiger partial charge in [-0.25, -0.2) is 0 Å². The van der Waals surface area contributed by atoms with Crippen molar-refractivity contribution >= 4 is 11.6 Å². The van der Waals surface area contributed by atoms with E-state index in [1.54, 1.807) is 0 Å². The molecule has 0 saturated heterocycles. The first-order valence-corrected chi connectivity index (χ1v) is 5.55. The number of nitrogens with zero attached hydrogens (tertiary/aromatic N) is 1. The second-order valence-corrected chi connectivity index (χ2v) is 4.32. The fourth-order valence-electron chi connectivity index (χ4n) is 1.51. The molecule has 0 unspecified atom stereocenters. The topological polar surface area (TPSA) is 35.8 Å². The van der Waals surface area contributed by atoms with Gasteiger partial charge in [0.25, 0.3) is 0 Å². The summed E-state index contributed by atoms with van der Waals surface area (Å²) in [6.45, 7) is 0.808. The van der Waals surface area contributed by atoms with Gasteiger partial charge in [-0.2, -0.15) is 5.26 Å². The fourth-order valence-corrected chi connectivity index (χ4v) is 1.69. The summed E-state index contributed by atoms with van der Waals surface area (Å²) in [6, 6.07) is 8.62. The van der Waals surface area contributed by atoms with Gasteiger partial charge in [0.05, 0.1) is 12.5 Å². The summed E-state index contributed by atoms with van der Waals surface area (Å²) in [7, 11) is 0. The minimum atomic E-state index is 0.452. The number of nitriles is 1. The maximum absolute atomic E-state index is 8.61. The molecule has 1 aliphatic rings. The van der Waals surface area contributed by atoms with E-state index in [4.69, 9.17) is 16.9 Å². The van der Waals surface area contributed by atoms with Crippen molar-refractivity contribution in [2.75, 3.05) is 0 Å². The molecule has 0 aliphatic heterocycles. The van der Waals surface area contributed by atoms with Crippen LogP contribution in [0.15, 0.2) is 18.2 Å². The van der Waals surface area contributed by atoms with E-state index in [0.717, 1.165) is 22.7 Å². The lowest BCUT2D eigenvalue weighted by Gasteiger charge is -2.07. The Morgan fingerprint density at radius 3 is 2.93 bits per heavy atom. The van der Waals surface area contributed by atoms with Crippen LogP contribution in [-0.2, 0) is 13.0 Å². The maximum atomic E-state index is 8.61. The van der Waals surface area contributed by atoms with E-state index in [-0.39, 0.29) is 0 Å². The zero-order chi connectivity index (χ0) is 10.7. The summed E-state index contributed by atoms with van der Waals surface area (Å²) in [4.78, 5) is 0. The molecule has 1 saturated carbocycles. The Morgan fingerprint density at radius 2 is 2.27 bits per heavy atom. The molecule has 1 aromatic rings. The molecule has 0 bridgehead atoms. The number of hydrogen-bond acceptors (Lipinski definition) is 2. The standard InChI is InChI=1S/C12H13ClN2/c13-12-4-1-9(5-6-14)7-10(12)8-15-11-2-3-11/h1,4,7,11,15H,2-3,5,8H2. The molecule has 2 nitrogen and oxygen atoms in total. The third-order valence-corrected chi connectivity index (χ3v) is 2.92. The van der Waals surface area contributed by atoms with Gasteiger partial charge in [0.2, 0.25) is 0 Å². The largest absolute Gasteiger partial charge is 0.310 e. The summed E-state index contributed by atoms with van der Waals surface area (Å²) in [5.74, 6) is 0. The Bertz CT molecular complexity index is 391. The van der Waals surface area contributed by atoms with Crippen molar-refractivity contribution in [2.45, 2.75) is 31.8 Å². The van der Waals surface area contributed by atoms with E-state index in [1.807, 2.05) is 18.2 Å². The van der Waals surface area contributed by atoms with Gasteiger partial charge in [0.15, 0.2) is 0 Å². The molecule has 3 heteroatoms.